The van der Waals surface area contributed by atoms with Gasteiger partial charge in [-0.3, -0.25) is 4.72 Å². The molecule has 0 aliphatic heterocycles. The second-order valence-corrected chi connectivity index (χ2v) is 5.75. The molecule has 0 heterocycles. The van der Waals surface area contributed by atoms with Gasteiger partial charge in [0.2, 0.25) is 10.0 Å². The molecule has 0 atom stereocenters. The standard InChI is InChI=1S/C9H11BrFNO2S/c1-2-5-15(13,14)12-7-3-4-8(10)9(11)6-7/h3-4,6,12H,2,5H2,1H3. The maximum Gasteiger partial charge on any atom is 0.232 e. The number of rotatable bonds is 4. The van der Waals surface area contributed by atoms with Gasteiger partial charge in [-0.25, -0.2) is 12.8 Å². The van der Waals surface area contributed by atoms with Crippen LogP contribution in [0, 0.1) is 5.82 Å². The third kappa shape index (κ3) is 3.79. The fraction of sp³-hybridized carbons (Fsp3) is 0.333. The summed E-state index contributed by atoms with van der Waals surface area (Å²) in [7, 11) is -3.35. The molecule has 0 unspecified atom stereocenters. The molecule has 1 aromatic carbocycles. The highest BCUT2D eigenvalue weighted by molar-refractivity contribution is 9.10. The lowest BCUT2D eigenvalue weighted by atomic mass is 10.3. The molecular weight excluding hydrogens is 285 g/mol. The number of hydrogen-bond donors (Lipinski definition) is 1. The average Bonchev–Trinajstić information content (AvgIpc) is 2.10. The van der Waals surface area contributed by atoms with Gasteiger partial charge in [0.05, 0.1) is 15.9 Å². The first-order valence-corrected chi connectivity index (χ1v) is 6.84. The van der Waals surface area contributed by atoms with E-state index in [1.165, 1.54) is 12.1 Å². The van der Waals surface area contributed by atoms with E-state index in [0.717, 1.165) is 6.07 Å². The summed E-state index contributed by atoms with van der Waals surface area (Å²) in [6.45, 7) is 1.77. The lowest BCUT2D eigenvalue weighted by Crippen LogP contribution is -2.16. The summed E-state index contributed by atoms with van der Waals surface area (Å²) in [5, 5.41) is 0. The van der Waals surface area contributed by atoms with Crippen molar-refractivity contribution in [1.29, 1.82) is 0 Å². The maximum atomic E-state index is 13.1. The quantitative estimate of drug-likeness (QED) is 0.928. The van der Waals surface area contributed by atoms with Crippen LogP contribution in [0.3, 0.4) is 0 Å². The van der Waals surface area contributed by atoms with E-state index < -0.39 is 15.8 Å². The topological polar surface area (TPSA) is 46.2 Å². The van der Waals surface area contributed by atoms with Crippen molar-refractivity contribution in [1.82, 2.24) is 0 Å². The van der Waals surface area contributed by atoms with Crippen molar-refractivity contribution in [2.45, 2.75) is 13.3 Å². The third-order valence-electron chi connectivity index (χ3n) is 1.67. The molecule has 1 N–H and O–H groups in total. The van der Waals surface area contributed by atoms with Crippen molar-refractivity contribution >= 4 is 31.6 Å². The summed E-state index contributed by atoms with van der Waals surface area (Å²) in [6, 6.07) is 4.09. The van der Waals surface area contributed by atoms with Crippen LogP contribution < -0.4 is 4.72 Å². The molecule has 0 bridgehead atoms. The zero-order valence-corrected chi connectivity index (χ0v) is 10.5. The van der Waals surface area contributed by atoms with Gasteiger partial charge in [0, 0.05) is 0 Å². The van der Waals surface area contributed by atoms with Gasteiger partial charge in [-0.2, -0.15) is 0 Å². The molecule has 0 radical (unpaired) electrons. The summed E-state index contributed by atoms with van der Waals surface area (Å²) in [4.78, 5) is 0. The monoisotopic (exact) mass is 295 g/mol. The van der Waals surface area contributed by atoms with Crippen LogP contribution in [-0.2, 0) is 10.0 Å². The van der Waals surface area contributed by atoms with Crippen LogP contribution in [0.4, 0.5) is 10.1 Å². The molecule has 0 aromatic heterocycles. The van der Waals surface area contributed by atoms with Crippen molar-refractivity contribution in [3.63, 3.8) is 0 Å². The minimum atomic E-state index is -3.35. The van der Waals surface area contributed by atoms with Gasteiger partial charge in [0.15, 0.2) is 0 Å². The smallest absolute Gasteiger partial charge is 0.232 e. The molecule has 6 heteroatoms. The fourth-order valence-electron chi connectivity index (χ4n) is 1.06. The van der Waals surface area contributed by atoms with Gasteiger partial charge >= 0.3 is 0 Å². The van der Waals surface area contributed by atoms with E-state index in [-0.39, 0.29) is 11.4 Å². The van der Waals surface area contributed by atoms with E-state index in [2.05, 4.69) is 20.7 Å². The highest BCUT2D eigenvalue weighted by Crippen LogP contribution is 2.20. The Morgan fingerprint density at radius 3 is 2.67 bits per heavy atom. The van der Waals surface area contributed by atoms with Crippen LogP contribution in [0.2, 0.25) is 0 Å². The molecule has 15 heavy (non-hydrogen) atoms. The van der Waals surface area contributed by atoms with Crippen LogP contribution in [0.25, 0.3) is 0 Å². The summed E-state index contributed by atoms with van der Waals surface area (Å²) in [5.41, 5.74) is 0.240. The largest absolute Gasteiger partial charge is 0.283 e. The molecule has 3 nitrogen and oxygen atoms in total. The van der Waals surface area contributed by atoms with Crippen molar-refractivity contribution in [2.75, 3.05) is 10.5 Å². The number of sulfonamides is 1. The number of nitrogens with one attached hydrogen (secondary N) is 1. The van der Waals surface area contributed by atoms with Gasteiger partial charge < -0.3 is 0 Å². The van der Waals surface area contributed by atoms with Crippen molar-refractivity contribution in [2.24, 2.45) is 0 Å². The first-order valence-electron chi connectivity index (χ1n) is 4.40. The maximum absolute atomic E-state index is 13.1. The molecular formula is C9H11BrFNO2S. The lowest BCUT2D eigenvalue weighted by molar-refractivity contribution is 0.599. The molecule has 1 rings (SSSR count). The van der Waals surface area contributed by atoms with E-state index in [1.807, 2.05) is 0 Å². The number of anilines is 1. The van der Waals surface area contributed by atoms with E-state index in [0.29, 0.717) is 10.9 Å². The summed E-state index contributed by atoms with van der Waals surface area (Å²) in [5.74, 6) is -0.461. The highest BCUT2D eigenvalue weighted by Gasteiger charge is 2.09. The minimum Gasteiger partial charge on any atom is -0.283 e. The first-order chi connectivity index (χ1) is 6.94. The molecule has 0 aliphatic carbocycles. The lowest BCUT2D eigenvalue weighted by Gasteiger charge is -2.07. The zero-order chi connectivity index (χ0) is 11.5. The van der Waals surface area contributed by atoms with E-state index in [4.69, 9.17) is 0 Å². The third-order valence-corrected chi connectivity index (χ3v) is 3.80. The average molecular weight is 296 g/mol. The number of benzene rings is 1. The molecule has 0 spiro atoms. The van der Waals surface area contributed by atoms with Crippen molar-refractivity contribution < 1.29 is 12.8 Å². The summed E-state index contributed by atoms with van der Waals surface area (Å²) < 4.78 is 38.4. The number of hydrogen-bond acceptors (Lipinski definition) is 2. The van der Waals surface area contributed by atoms with Gasteiger partial charge in [0.25, 0.3) is 0 Å². The molecule has 0 amide bonds. The van der Waals surface area contributed by atoms with Gasteiger partial charge in [-0.15, -0.1) is 0 Å². The van der Waals surface area contributed by atoms with Crippen LogP contribution >= 0.6 is 15.9 Å². The number of halogens is 2. The second-order valence-electron chi connectivity index (χ2n) is 3.05. The van der Waals surface area contributed by atoms with E-state index >= 15 is 0 Å². The highest BCUT2D eigenvalue weighted by atomic mass is 79.9. The molecule has 84 valence electrons. The zero-order valence-electron chi connectivity index (χ0n) is 8.13. The molecule has 0 fully saturated rings. The Bertz CT molecular complexity index is 447. The minimum absolute atomic E-state index is 0.0324. The van der Waals surface area contributed by atoms with E-state index in [1.54, 1.807) is 6.92 Å². The predicted molar refractivity (Wildman–Crippen MR) is 61.8 cm³/mol. The first kappa shape index (κ1) is 12.4. The van der Waals surface area contributed by atoms with Gasteiger partial charge in [-0.05, 0) is 40.5 Å². The van der Waals surface area contributed by atoms with Crippen molar-refractivity contribution in [3.8, 4) is 0 Å². The van der Waals surface area contributed by atoms with Crippen LogP contribution in [0.15, 0.2) is 22.7 Å². The van der Waals surface area contributed by atoms with Crippen LogP contribution in [0.1, 0.15) is 13.3 Å². The second kappa shape index (κ2) is 4.94. The Balaban J connectivity index is 2.86. The summed E-state index contributed by atoms with van der Waals surface area (Å²) in [6.07, 6.45) is 0.522. The Labute approximate surface area is 96.9 Å². The Morgan fingerprint density at radius 1 is 1.47 bits per heavy atom. The SMILES string of the molecule is CCCS(=O)(=O)Nc1ccc(Br)c(F)c1. The Morgan fingerprint density at radius 2 is 2.13 bits per heavy atom. The van der Waals surface area contributed by atoms with Gasteiger partial charge in [0.1, 0.15) is 5.82 Å². The Kier molecular flexibility index (Phi) is 4.10. The van der Waals surface area contributed by atoms with Crippen LogP contribution in [-0.4, -0.2) is 14.2 Å². The Hall–Kier alpha value is -0.620. The predicted octanol–water partition coefficient (Wildman–Crippen LogP) is 2.74. The fourth-order valence-corrected chi connectivity index (χ4v) is 2.43. The van der Waals surface area contributed by atoms with Crippen LogP contribution in [0.5, 0.6) is 0 Å². The van der Waals surface area contributed by atoms with E-state index in [9.17, 15) is 12.8 Å². The molecule has 0 saturated carbocycles. The summed E-state index contributed by atoms with van der Waals surface area (Å²) >= 11 is 2.99. The van der Waals surface area contributed by atoms with Crippen molar-refractivity contribution in [3.05, 3.63) is 28.5 Å². The molecule has 0 aliphatic rings. The molecule has 1 aromatic rings. The molecule has 0 saturated heterocycles. The van der Waals surface area contributed by atoms with Gasteiger partial charge in [-0.1, -0.05) is 6.92 Å². The normalized spacial score (nSPS) is 11.4.